The lowest BCUT2D eigenvalue weighted by Gasteiger charge is -2.20. The highest BCUT2D eigenvalue weighted by molar-refractivity contribution is 6.33. The predicted molar refractivity (Wildman–Crippen MR) is 91.5 cm³/mol. The van der Waals surface area contributed by atoms with Crippen LogP contribution in [0.1, 0.15) is 44.9 Å². The molecular formula is C18H23ClN2O2. The lowest BCUT2D eigenvalue weighted by atomic mass is 10.0. The van der Waals surface area contributed by atoms with E-state index < -0.39 is 0 Å². The number of nitrogens with zero attached hydrogens (tertiary/aromatic N) is 1. The zero-order valence-electron chi connectivity index (χ0n) is 13.3. The summed E-state index contributed by atoms with van der Waals surface area (Å²) in [6.07, 6.45) is 7.26. The molecule has 2 amide bonds. The van der Waals surface area contributed by atoms with Crippen molar-refractivity contribution in [2.24, 2.45) is 5.92 Å². The Bertz CT molecular complexity index is 582. The van der Waals surface area contributed by atoms with Gasteiger partial charge in [-0.05, 0) is 25.0 Å². The van der Waals surface area contributed by atoms with Gasteiger partial charge in [-0.2, -0.15) is 0 Å². The zero-order chi connectivity index (χ0) is 16.2. The molecule has 0 bridgehead atoms. The van der Waals surface area contributed by atoms with Crippen molar-refractivity contribution in [3.63, 3.8) is 0 Å². The fraction of sp³-hybridized carbons (Fsp3) is 0.556. The van der Waals surface area contributed by atoms with Gasteiger partial charge in [0.2, 0.25) is 11.8 Å². The summed E-state index contributed by atoms with van der Waals surface area (Å²) in [5.41, 5.74) is 0.698. The molecule has 0 aromatic heterocycles. The zero-order valence-corrected chi connectivity index (χ0v) is 14.0. The van der Waals surface area contributed by atoms with E-state index in [9.17, 15) is 9.59 Å². The van der Waals surface area contributed by atoms with E-state index in [2.05, 4.69) is 5.32 Å². The SMILES string of the molecule is O=C(NC1CCCCCC1)C1CC(=O)N(c2ccccc2Cl)C1. The third kappa shape index (κ3) is 3.86. The number of amides is 2. The second-order valence-electron chi connectivity index (χ2n) is 6.55. The lowest BCUT2D eigenvalue weighted by molar-refractivity contribution is -0.127. The molecule has 2 aliphatic rings. The van der Waals surface area contributed by atoms with Crippen molar-refractivity contribution in [2.75, 3.05) is 11.4 Å². The number of hydrogen-bond donors (Lipinski definition) is 1. The highest BCUT2D eigenvalue weighted by Crippen LogP contribution is 2.31. The Morgan fingerprint density at radius 3 is 2.52 bits per heavy atom. The summed E-state index contributed by atoms with van der Waals surface area (Å²) in [4.78, 5) is 26.4. The van der Waals surface area contributed by atoms with Gasteiger partial charge >= 0.3 is 0 Å². The van der Waals surface area contributed by atoms with Crippen LogP contribution >= 0.6 is 11.6 Å². The van der Waals surface area contributed by atoms with E-state index in [0.717, 1.165) is 12.8 Å². The van der Waals surface area contributed by atoms with Gasteiger partial charge < -0.3 is 10.2 Å². The van der Waals surface area contributed by atoms with E-state index in [0.29, 0.717) is 17.3 Å². The van der Waals surface area contributed by atoms with Crippen molar-refractivity contribution in [3.05, 3.63) is 29.3 Å². The first-order chi connectivity index (χ1) is 11.1. The normalized spacial score (nSPS) is 22.9. The van der Waals surface area contributed by atoms with Crippen molar-refractivity contribution >= 4 is 29.1 Å². The number of para-hydroxylation sites is 1. The number of rotatable bonds is 3. The van der Waals surface area contributed by atoms with Gasteiger partial charge in [0.25, 0.3) is 0 Å². The maximum atomic E-state index is 12.5. The van der Waals surface area contributed by atoms with Gasteiger partial charge in [0, 0.05) is 19.0 Å². The molecule has 1 aliphatic carbocycles. The van der Waals surface area contributed by atoms with E-state index in [1.54, 1.807) is 11.0 Å². The number of benzene rings is 1. The second-order valence-corrected chi connectivity index (χ2v) is 6.96. The average molecular weight is 335 g/mol. The fourth-order valence-electron chi connectivity index (χ4n) is 3.53. The molecule has 1 atom stereocenters. The number of hydrogen-bond acceptors (Lipinski definition) is 2. The van der Waals surface area contributed by atoms with Crippen LogP contribution in [0.4, 0.5) is 5.69 Å². The van der Waals surface area contributed by atoms with Gasteiger partial charge in [0.05, 0.1) is 16.6 Å². The third-order valence-electron chi connectivity index (χ3n) is 4.84. The highest BCUT2D eigenvalue weighted by atomic mass is 35.5. The first-order valence-corrected chi connectivity index (χ1v) is 8.88. The third-order valence-corrected chi connectivity index (χ3v) is 5.16. The van der Waals surface area contributed by atoms with Crippen molar-refractivity contribution < 1.29 is 9.59 Å². The molecule has 4 nitrogen and oxygen atoms in total. The second kappa shape index (κ2) is 7.35. The first-order valence-electron chi connectivity index (χ1n) is 8.50. The standard InChI is InChI=1S/C18H23ClN2O2/c19-15-9-5-6-10-16(15)21-12-13(11-17(21)22)18(23)20-14-7-3-1-2-4-8-14/h5-6,9-10,13-14H,1-4,7-8,11-12H2,(H,20,23). The van der Waals surface area contributed by atoms with Crippen LogP contribution in [0.15, 0.2) is 24.3 Å². The molecule has 1 unspecified atom stereocenters. The molecule has 23 heavy (non-hydrogen) atoms. The highest BCUT2D eigenvalue weighted by Gasteiger charge is 2.36. The Kier molecular flexibility index (Phi) is 5.21. The topological polar surface area (TPSA) is 49.4 Å². The molecule has 2 fully saturated rings. The minimum absolute atomic E-state index is 0.0137. The first kappa shape index (κ1) is 16.3. The summed E-state index contributed by atoms with van der Waals surface area (Å²) in [7, 11) is 0. The maximum absolute atomic E-state index is 12.5. The van der Waals surface area contributed by atoms with Crippen molar-refractivity contribution in [2.45, 2.75) is 51.0 Å². The van der Waals surface area contributed by atoms with Crippen LogP contribution in [0.2, 0.25) is 5.02 Å². The molecule has 3 rings (SSSR count). The Hall–Kier alpha value is -1.55. The molecule has 124 valence electrons. The van der Waals surface area contributed by atoms with E-state index >= 15 is 0 Å². The molecule has 1 heterocycles. The molecule has 1 aromatic rings. The lowest BCUT2D eigenvalue weighted by Crippen LogP contribution is -2.39. The quantitative estimate of drug-likeness (QED) is 0.860. The summed E-state index contributed by atoms with van der Waals surface area (Å²) in [5.74, 6) is -0.291. The van der Waals surface area contributed by atoms with Crippen LogP contribution < -0.4 is 10.2 Å². The van der Waals surface area contributed by atoms with Crippen LogP contribution in [-0.2, 0) is 9.59 Å². The monoisotopic (exact) mass is 334 g/mol. The summed E-state index contributed by atoms with van der Waals surface area (Å²) in [5, 5.41) is 3.70. The number of halogens is 1. The van der Waals surface area contributed by atoms with E-state index in [1.807, 2.05) is 18.2 Å². The van der Waals surface area contributed by atoms with Gasteiger partial charge in [-0.25, -0.2) is 0 Å². The van der Waals surface area contributed by atoms with Crippen molar-refractivity contribution in [3.8, 4) is 0 Å². The van der Waals surface area contributed by atoms with Crippen LogP contribution in [-0.4, -0.2) is 24.4 Å². The maximum Gasteiger partial charge on any atom is 0.227 e. The Labute approximate surface area is 142 Å². The fourth-order valence-corrected chi connectivity index (χ4v) is 3.77. The van der Waals surface area contributed by atoms with Crippen LogP contribution in [0.3, 0.4) is 0 Å². The minimum Gasteiger partial charge on any atom is -0.353 e. The molecule has 0 radical (unpaired) electrons. The molecule has 0 spiro atoms. The van der Waals surface area contributed by atoms with Crippen molar-refractivity contribution in [1.82, 2.24) is 5.32 Å². The Morgan fingerprint density at radius 1 is 1.13 bits per heavy atom. The number of carbonyl (C=O) groups excluding carboxylic acids is 2. The van der Waals surface area contributed by atoms with Gasteiger partial charge in [0.15, 0.2) is 0 Å². The molecule has 1 aliphatic heterocycles. The van der Waals surface area contributed by atoms with E-state index in [4.69, 9.17) is 11.6 Å². The van der Waals surface area contributed by atoms with Crippen LogP contribution in [0.25, 0.3) is 0 Å². The number of carbonyl (C=O) groups is 2. The van der Waals surface area contributed by atoms with Gasteiger partial charge in [-0.1, -0.05) is 49.4 Å². The van der Waals surface area contributed by atoms with E-state index in [1.165, 1.54) is 25.7 Å². The molecule has 1 saturated carbocycles. The summed E-state index contributed by atoms with van der Waals surface area (Å²) >= 11 is 6.18. The molecule has 5 heteroatoms. The predicted octanol–water partition coefficient (Wildman–Crippen LogP) is 3.53. The van der Waals surface area contributed by atoms with Gasteiger partial charge in [-0.3, -0.25) is 9.59 Å². The summed E-state index contributed by atoms with van der Waals surface area (Å²) in [6.45, 7) is 0.418. The molecule has 1 N–H and O–H groups in total. The number of nitrogens with one attached hydrogen (secondary N) is 1. The van der Waals surface area contributed by atoms with E-state index in [-0.39, 0.29) is 30.2 Å². The molecule has 1 aromatic carbocycles. The Balaban J connectivity index is 1.62. The Morgan fingerprint density at radius 2 is 1.83 bits per heavy atom. The van der Waals surface area contributed by atoms with Crippen LogP contribution in [0, 0.1) is 5.92 Å². The minimum atomic E-state index is -0.276. The molecular weight excluding hydrogens is 312 g/mol. The average Bonchev–Trinajstić information content (AvgIpc) is 2.75. The smallest absolute Gasteiger partial charge is 0.227 e. The molecule has 1 saturated heterocycles. The van der Waals surface area contributed by atoms with Crippen LogP contribution in [0.5, 0.6) is 0 Å². The largest absolute Gasteiger partial charge is 0.353 e. The van der Waals surface area contributed by atoms with Crippen molar-refractivity contribution in [1.29, 1.82) is 0 Å². The number of anilines is 1. The summed E-state index contributed by atoms with van der Waals surface area (Å²) < 4.78 is 0. The van der Waals surface area contributed by atoms with Gasteiger partial charge in [0.1, 0.15) is 0 Å². The summed E-state index contributed by atoms with van der Waals surface area (Å²) in [6, 6.07) is 7.56. The van der Waals surface area contributed by atoms with Gasteiger partial charge in [-0.15, -0.1) is 0 Å².